The molecular formula is C25H18F5N3O3. The van der Waals surface area contributed by atoms with Gasteiger partial charge in [-0.05, 0) is 30.2 Å². The van der Waals surface area contributed by atoms with Gasteiger partial charge in [-0.15, -0.1) is 6.58 Å². The first kappa shape index (κ1) is 24.7. The highest BCUT2D eigenvalue weighted by Crippen LogP contribution is 2.24. The minimum absolute atomic E-state index is 0.0311. The zero-order valence-electron chi connectivity index (χ0n) is 18.5. The maximum Gasteiger partial charge on any atom is 0.292 e. The topological polar surface area (TPSA) is 69.3 Å². The second kappa shape index (κ2) is 10.5. The number of aromatic nitrogens is 2. The summed E-state index contributed by atoms with van der Waals surface area (Å²) in [7, 11) is 0. The van der Waals surface area contributed by atoms with Crippen molar-refractivity contribution >= 4 is 11.7 Å². The van der Waals surface area contributed by atoms with E-state index in [0.29, 0.717) is 17.9 Å². The minimum Gasteiger partial charge on any atom is -0.485 e. The Hall–Kier alpha value is -4.41. The van der Waals surface area contributed by atoms with Gasteiger partial charge >= 0.3 is 0 Å². The molecule has 36 heavy (non-hydrogen) atoms. The molecule has 11 heteroatoms. The number of hydrogen-bond donors (Lipinski definition) is 1. The molecule has 2 aromatic heterocycles. The van der Waals surface area contributed by atoms with Crippen molar-refractivity contribution in [3.8, 4) is 5.75 Å². The number of amides is 1. The van der Waals surface area contributed by atoms with Crippen LogP contribution in [0, 0.1) is 29.1 Å². The van der Waals surface area contributed by atoms with Crippen LogP contribution in [0.3, 0.4) is 0 Å². The van der Waals surface area contributed by atoms with E-state index in [-0.39, 0.29) is 18.2 Å². The van der Waals surface area contributed by atoms with Gasteiger partial charge in [0.2, 0.25) is 5.82 Å². The van der Waals surface area contributed by atoms with Crippen LogP contribution in [0.4, 0.5) is 27.8 Å². The van der Waals surface area contributed by atoms with Crippen molar-refractivity contribution in [3.63, 3.8) is 0 Å². The molecule has 0 bridgehead atoms. The molecule has 0 atom stereocenters. The molecule has 0 fully saturated rings. The van der Waals surface area contributed by atoms with E-state index < -0.39 is 47.1 Å². The number of carbonyl (C=O) groups excluding carboxylic acids is 1. The van der Waals surface area contributed by atoms with E-state index in [9.17, 15) is 26.7 Å². The highest BCUT2D eigenvalue weighted by Gasteiger charge is 2.26. The van der Waals surface area contributed by atoms with Crippen LogP contribution in [-0.4, -0.2) is 15.7 Å². The number of halogens is 5. The van der Waals surface area contributed by atoms with Crippen molar-refractivity contribution in [2.75, 3.05) is 5.32 Å². The number of rotatable bonds is 9. The molecule has 2 heterocycles. The Balaban J connectivity index is 1.39. The third-order valence-electron chi connectivity index (χ3n) is 5.10. The van der Waals surface area contributed by atoms with Crippen molar-refractivity contribution in [1.82, 2.24) is 9.78 Å². The summed E-state index contributed by atoms with van der Waals surface area (Å²) in [5.41, 5.74) is -0.115. The summed E-state index contributed by atoms with van der Waals surface area (Å²) >= 11 is 0. The lowest BCUT2D eigenvalue weighted by atomic mass is 10.1. The van der Waals surface area contributed by atoms with Crippen LogP contribution < -0.4 is 10.1 Å². The first-order chi connectivity index (χ1) is 17.3. The number of allylic oxidation sites excluding steroid dienone is 1. The van der Waals surface area contributed by atoms with Gasteiger partial charge in [0.05, 0.1) is 12.1 Å². The van der Waals surface area contributed by atoms with Crippen LogP contribution in [0.15, 0.2) is 65.7 Å². The fraction of sp³-hybridized carbons (Fsp3) is 0.120. The van der Waals surface area contributed by atoms with E-state index >= 15 is 0 Å². The van der Waals surface area contributed by atoms with E-state index in [1.165, 1.54) is 18.3 Å². The smallest absolute Gasteiger partial charge is 0.292 e. The maximum atomic E-state index is 13.9. The summed E-state index contributed by atoms with van der Waals surface area (Å²) in [6.45, 7) is 3.03. The number of carbonyl (C=O) groups is 1. The molecule has 2 aromatic carbocycles. The van der Waals surface area contributed by atoms with Gasteiger partial charge in [-0.2, -0.15) is 5.10 Å². The molecule has 0 aliphatic rings. The first-order valence-corrected chi connectivity index (χ1v) is 10.5. The SMILES string of the molecule is C=CCc1ccccc1OCc1ccc(C(=O)Nc2ccn(Cc3c(F)c(F)c(F)c(F)c3F)n2)o1. The zero-order chi connectivity index (χ0) is 25.8. The minimum atomic E-state index is -2.24. The molecule has 1 amide bonds. The van der Waals surface area contributed by atoms with Crippen LogP contribution in [0.2, 0.25) is 0 Å². The standard InChI is InChI=1S/C25H18F5N3O3/c1-2-5-14-6-3-4-7-17(14)35-13-15-8-9-18(36-15)25(34)31-19-10-11-33(32-19)12-16-20(26)22(28)24(30)23(29)21(16)27/h2-4,6-11H,1,5,12-13H2,(H,31,32,34). The van der Waals surface area contributed by atoms with Crippen LogP contribution in [-0.2, 0) is 19.6 Å². The second-order valence-corrected chi connectivity index (χ2v) is 7.56. The average Bonchev–Trinajstić information content (AvgIpc) is 3.53. The quantitative estimate of drug-likeness (QED) is 0.136. The largest absolute Gasteiger partial charge is 0.485 e. The fourth-order valence-corrected chi connectivity index (χ4v) is 3.34. The zero-order valence-corrected chi connectivity index (χ0v) is 18.5. The third kappa shape index (κ3) is 5.14. The van der Waals surface area contributed by atoms with Crippen LogP contribution >= 0.6 is 0 Å². The fourth-order valence-electron chi connectivity index (χ4n) is 3.34. The van der Waals surface area contributed by atoms with Crippen molar-refractivity contribution in [3.05, 3.63) is 113 Å². The predicted octanol–water partition coefficient (Wildman–Crippen LogP) is 5.78. The number of hydrogen-bond acceptors (Lipinski definition) is 4. The molecule has 0 aliphatic carbocycles. The van der Waals surface area contributed by atoms with Crippen molar-refractivity contribution < 1.29 is 35.9 Å². The summed E-state index contributed by atoms with van der Waals surface area (Å²) in [5, 5.41) is 6.31. The number of nitrogens with zero attached hydrogens (tertiary/aromatic N) is 2. The van der Waals surface area contributed by atoms with E-state index in [4.69, 9.17) is 9.15 Å². The summed E-state index contributed by atoms with van der Waals surface area (Å²) < 4.78 is 80.0. The summed E-state index contributed by atoms with van der Waals surface area (Å²) in [6.07, 6.45) is 3.58. The number of nitrogens with one attached hydrogen (secondary N) is 1. The van der Waals surface area contributed by atoms with Gasteiger partial charge in [-0.25, -0.2) is 22.0 Å². The van der Waals surface area contributed by atoms with E-state index in [1.54, 1.807) is 18.2 Å². The van der Waals surface area contributed by atoms with Crippen LogP contribution in [0.5, 0.6) is 5.75 Å². The molecule has 0 saturated heterocycles. The number of ether oxygens (including phenoxy) is 1. The number of furan rings is 1. The average molecular weight is 503 g/mol. The van der Waals surface area contributed by atoms with Gasteiger partial charge in [0.1, 0.15) is 18.1 Å². The summed E-state index contributed by atoms with van der Waals surface area (Å²) in [4.78, 5) is 12.5. The highest BCUT2D eigenvalue weighted by molar-refractivity contribution is 6.01. The lowest BCUT2D eigenvalue weighted by Crippen LogP contribution is -2.13. The summed E-state index contributed by atoms with van der Waals surface area (Å²) in [6, 6.07) is 11.7. The summed E-state index contributed by atoms with van der Waals surface area (Å²) in [5.74, 6) is -9.97. The van der Waals surface area contributed by atoms with Gasteiger partial charge < -0.3 is 14.5 Å². The van der Waals surface area contributed by atoms with Crippen LogP contribution in [0.25, 0.3) is 0 Å². The first-order valence-electron chi connectivity index (χ1n) is 10.5. The lowest BCUT2D eigenvalue weighted by molar-refractivity contribution is 0.0992. The van der Waals surface area contributed by atoms with Gasteiger partial charge in [0, 0.05) is 12.3 Å². The molecule has 186 valence electrons. The Morgan fingerprint density at radius 3 is 2.42 bits per heavy atom. The number of anilines is 1. The van der Waals surface area contributed by atoms with Gasteiger partial charge in [-0.3, -0.25) is 9.48 Å². The molecular weight excluding hydrogens is 485 g/mol. The maximum absolute atomic E-state index is 13.9. The normalized spacial score (nSPS) is 10.9. The third-order valence-corrected chi connectivity index (χ3v) is 5.10. The van der Waals surface area contributed by atoms with Crippen molar-refractivity contribution in [2.45, 2.75) is 19.6 Å². The molecule has 1 N–H and O–H groups in total. The van der Waals surface area contributed by atoms with Crippen molar-refractivity contribution in [1.29, 1.82) is 0 Å². The van der Waals surface area contributed by atoms with Gasteiger partial charge in [0.15, 0.2) is 34.8 Å². The Kier molecular flexibility index (Phi) is 7.18. The van der Waals surface area contributed by atoms with Crippen LogP contribution in [0.1, 0.15) is 27.4 Å². The monoisotopic (exact) mass is 503 g/mol. The van der Waals surface area contributed by atoms with E-state index in [2.05, 4.69) is 17.0 Å². The predicted molar refractivity (Wildman–Crippen MR) is 119 cm³/mol. The molecule has 0 unspecified atom stereocenters. The Labute approximate surface area is 201 Å². The Bertz CT molecular complexity index is 1400. The van der Waals surface area contributed by atoms with Crippen molar-refractivity contribution in [2.24, 2.45) is 0 Å². The molecule has 0 saturated carbocycles. The number of para-hydroxylation sites is 1. The molecule has 0 radical (unpaired) electrons. The second-order valence-electron chi connectivity index (χ2n) is 7.56. The lowest BCUT2D eigenvalue weighted by Gasteiger charge is -2.09. The molecule has 0 aliphatic heterocycles. The van der Waals surface area contributed by atoms with E-state index in [0.717, 1.165) is 10.2 Å². The number of benzene rings is 2. The molecule has 4 aromatic rings. The molecule has 0 spiro atoms. The van der Waals surface area contributed by atoms with Gasteiger partial charge in [-0.1, -0.05) is 24.3 Å². The Morgan fingerprint density at radius 2 is 1.69 bits per heavy atom. The molecule has 6 nitrogen and oxygen atoms in total. The van der Waals surface area contributed by atoms with Gasteiger partial charge in [0.25, 0.3) is 5.91 Å². The highest BCUT2D eigenvalue weighted by atomic mass is 19.2. The Morgan fingerprint density at radius 1 is 1.00 bits per heavy atom. The molecule has 4 rings (SSSR count). The van der Waals surface area contributed by atoms with E-state index in [1.807, 2.05) is 18.2 Å².